The van der Waals surface area contributed by atoms with Crippen LogP contribution in [0.3, 0.4) is 0 Å². The monoisotopic (exact) mass is 312 g/mol. The highest BCUT2D eigenvalue weighted by Gasteiger charge is 2.12. The molecule has 0 radical (unpaired) electrons. The number of hydrogen-bond donors (Lipinski definition) is 1. The molecule has 1 N–H and O–H groups in total. The summed E-state index contributed by atoms with van der Waals surface area (Å²) in [6, 6.07) is 17.8. The molecule has 0 amide bonds. The van der Waals surface area contributed by atoms with Gasteiger partial charge in [0.2, 0.25) is 0 Å². The van der Waals surface area contributed by atoms with E-state index < -0.39 is 6.10 Å². The Bertz CT molecular complexity index is 593. The molecule has 1 unspecified atom stereocenters. The number of hydrogen-bond acceptors (Lipinski definition) is 3. The van der Waals surface area contributed by atoms with Gasteiger partial charge < -0.3 is 14.6 Å². The molecule has 2 rings (SSSR count). The third kappa shape index (κ3) is 5.89. The predicted octanol–water partition coefficient (Wildman–Crippen LogP) is 4.59. The summed E-state index contributed by atoms with van der Waals surface area (Å²) < 4.78 is 10.4. The molecule has 2 aromatic carbocycles. The Morgan fingerprint density at radius 2 is 1.78 bits per heavy atom. The fourth-order valence-electron chi connectivity index (χ4n) is 2.38. The van der Waals surface area contributed by atoms with Gasteiger partial charge in [0, 0.05) is 12.7 Å². The van der Waals surface area contributed by atoms with Crippen LogP contribution >= 0.6 is 0 Å². The Labute approximate surface area is 138 Å². The van der Waals surface area contributed by atoms with Crippen LogP contribution in [0.4, 0.5) is 0 Å². The van der Waals surface area contributed by atoms with E-state index in [4.69, 9.17) is 9.47 Å². The summed E-state index contributed by atoms with van der Waals surface area (Å²) in [6.45, 7) is 0.184. The number of methoxy groups -OCH3 is 1. The van der Waals surface area contributed by atoms with Crippen LogP contribution < -0.4 is 4.74 Å². The van der Waals surface area contributed by atoms with Crippen LogP contribution in [0.2, 0.25) is 0 Å². The van der Waals surface area contributed by atoms with Crippen LogP contribution in [0.5, 0.6) is 5.75 Å². The van der Waals surface area contributed by atoms with Crippen molar-refractivity contribution < 1.29 is 14.6 Å². The molecular formula is C20H24O3. The number of aliphatic hydroxyl groups is 1. The maximum Gasteiger partial charge on any atom is 0.188 e. The Balaban J connectivity index is 1.81. The topological polar surface area (TPSA) is 38.7 Å². The highest BCUT2D eigenvalue weighted by atomic mass is 16.7. The van der Waals surface area contributed by atoms with Crippen LogP contribution in [0.1, 0.15) is 36.5 Å². The molecule has 1 atom stereocenters. The van der Waals surface area contributed by atoms with E-state index in [1.807, 2.05) is 42.5 Å². The van der Waals surface area contributed by atoms with Gasteiger partial charge in [-0.05, 0) is 30.9 Å². The van der Waals surface area contributed by atoms with Crippen LogP contribution in [0, 0.1) is 0 Å². The number of allylic oxidation sites excluding steroid dienone is 1. The third-order valence-electron chi connectivity index (χ3n) is 3.57. The van der Waals surface area contributed by atoms with Gasteiger partial charge in [-0.15, -0.1) is 0 Å². The molecule has 0 bridgehead atoms. The molecule has 0 saturated heterocycles. The quantitative estimate of drug-likeness (QED) is 0.544. The van der Waals surface area contributed by atoms with Crippen molar-refractivity contribution in [2.45, 2.75) is 25.4 Å². The first-order chi connectivity index (χ1) is 11.3. The molecule has 2 aromatic rings. The van der Waals surface area contributed by atoms with Gasteiger partial charge in [-0.2, -0.15) is 0 Å². The second-order valence-corrected chi connectivity index (χ2v) is 5.35. The molecule has 3 nitrogen and oxygen atoms in total. The molecular weight excluding hydrogens is 288 g/mol. The highest BCUT2D eigenvalue weighted by molar-refractivity contribution is 5.48. The lowest BCUT2D eigenvalue weighted by Gasteiger charge is -2.15. The zero-order chi connectivity index (χ0) is 16.3. The maximum atomic E-state index is 10.4. The first-order valence-electron chi connectivity index (χ1n) is 7.91. The van der Waals surface area contributed by atoms with Gasteiger partial charge in [-0.3, -0.25) is 0 Å². The van der Waals surface area contributed by atoms with E-state index in [0.717, 1.165) is 18.4 Å². The summed E-state index contributed by atoms with van der Waals surface area (Å²) in [4.78, 5) is 0. The van der Waals surface area contributed by atoms with Gasteiger partial charge in [0.15, 0.2) is 6.79 Å². The van der Waals surface area contributed by atoms with E-state index in [0.29, 0.717) is 12.2 Å². The molecule has 23 heavy (non-hydrogen) atoms. The molecule has 0 aliphatic carbocycles. The number of rotatable bonds is 9. The van der Waals surface area contributed by atoms with Crippen molar-refractivity contribution in [2.75, 3.05) is 13.9 Å². The van der Waals surface area contributed by atoms with Gasteiger partial charge in [-0.25, -0.2) is 0 Å². The van der Waals surface area contributed by atoms with Gasteiger partial charge in [-0.1, -0.05) is 60.7 Å². The van der Waals surface area contributed by atoms with Crippen molar-refractivity contribution in [3.63, 3.8) is 0 Å². The number of para-hydroxylation sites is 1. The van der Waals surface area contributed by atoms with Crippen LogP contribution in [-0.2, 0) is 4.74 Å². The average molecular weight is 312 g/mol. The van der Waals surface area contributed by atoms with Gasteiger partial charge >= 0.3 is 0 Å². The largest absolute Gasteiger partial charge is 0.467 e. The van der Waals surface area contributed by atoms with Crippen LogP contribution in [0.25, 0.3) is 6.08 Å². The smallest absolute Gasteiger partial charge is 0.188 e. The lowest BCUT2D eigenvalue weighted by Crippen LogP contribution is -2.05. The van der Waals surface area contributed by atoms with E-state index in [1.54, 1.807) is 7.11 Å². The molecule has 0 saturated carbocycles. The Hall–Kier alpha value is -2.10. The lowest BCUT2D eigenvalue weighted by atomic mass is 10.0. The molecule has 0 heterocycles. The maximum absolute atomic E-state index is 10.4. The number of aliphatic hydroxyl groups excluding tert-OH is 1. The van der Waals surface area contributed by atoms with Crippen LogP contribution in [-0.4, -0.2) is 19.0 Å². The Morgan fingerprint density at radius 1 is 1.04 bits per heavy atom. The van der Waals surface area contributed by atoms with Crippen molar-refractivity contribution >= 4 is 6.08 Å². The summed E-state index contributed by atoms with van der Waals surface area (Å²) in [7, 11) is 1.58. The summed E-state index contributed by atoms with van der Waals surface area (Å²) >= 11 is 0. The summed E-state index contributed by atoms with van der Waals surface area (Å²) in [6.07, 6.45) is 6.30. The Kier molecular flexibility index (Phi) is 7.37. The lowest BCUT2D eigenvalue weighted by molar-refractivity contribution is 0.0476. The molecule has 0 aliphatic heterocycles. The summed E-state index contributed by atoms with van der Waals surface area (Å²) in [5.41, 5.74) is 2.02. The first kappa shape index (κ1) is 17.3. The molecule has 0 aromatic heterocycles. The highest BCUT2D eigenvalue weighted by Crippen LogP contribution is 2.28. The van der Waals surface area contributed by atoms with E-state index in [1.165, 1.54) is 5.56 Å². The van der Waals surface area contributed by atoms with Gasteiger partial charge in [0.1, 0.15) is 5.75 Å². The zero-order valence-corrected chi connectivity index (χ0v) is 13.5. The summed E-state index contributed by atoms with van der Waals surface area (Å²) in [5, 5.41) is 10.4. The van der Waals surface area contributed by atoms with Crippen molar-refractivity contribution in [1.29, 1.82) is 0 Å². The van der Waals surface area contributed by atoms with Gasteiger partial charge in [0.05, 0.1) is 6.10 Å². The molecule has 0 aliphatic rings. The number of ether oxygens (including phenoxy) is 2. The standard InChI is InChI=1S/C20H24O3/c1-22-16-23-20-15-9-8-13-18(20)19(21)14-7-3-6-12-17-10-4-2-5-11-17/h2,4-6,8-13,15,19,21H,3,7,14,16H2,1H3/b12-6-. The van der Waals surface area contributed by atoms with Crippen molar-refractivity contribution in [2.24, 2.45) is 0 Å². The van der Waals surface area contributed by atoms with E-state index in [-0.39, 0.29) is 6.79 Å². The van der Waals surface area contributed by atoms with Crippen molar-refractivity contribution in [3.05, 3.63) is 71.8 Å². The van der Waals surface area contributed by atoms with Crippen molar-refractivity contribution in [3.8, 4) is 5.75 Å². The average Bonchev–Trinajstić information content (AvgIpc) is 2.60. The Morgan fingerprint density at radius 3 is 2.57 bits per heavy atom. The predicted molar refractivity (Wildman–Crippen MR) is 93.2 cm³/mol. The third-order valence-corrected chi connectivity index (χ3v) is 3.57. The molecule has 0 fully saturated rings. The number of benzene rings is 2. The first-order valence-corrected chi connectivity index (χ1v) is 7.91. The van der Waals surface area contributed by atoms with Crippen molar-refractivity contribution in [1.82, 2.24) is 0 Å². The van der Waals surface area contributed by atoms with Crippen LogP contribution in [0.15, 0.2) is 60.7 Å². The van der Waals surface area contributed by atoms with E-state index in [9.17, 15) is 5.11 Å². The molecule has 3 heteroatoms. The number of unbranched alkanes of at least 4 members (excludes halogenated alkanes) is 1. The second kappa shape index (κ2) is 9.82. The van der Waals surface area contributed by atoms with Gasteiger partial charge in [0.25, 0.3) is 0 Å². The normalized spacial score (nSPS) is 12.4. The fourth-order valence-corrected chi connectivity index (χ4v) is 2.38. The summed E-state index contributed by atoms with van der Waals surface area (Å²) in [5.74, 6) is 0.682. The second-order valence-electron chi connectivity index (χ2n) is 5.35. The minimum absolute atomic E-state index is 0.184. The van der Waals surface area contributed by atoms with E-state index >= 15 is 0 Å². The zero-order valence-electron chi connectivity index (χ0n) is 13.5. The minimum atomic E-state index is -0.520. The minimum Gasteiger partial charge on any atom is -0.467 e. The molecule has 122 valence electrons. The SMILES string of the molecule is COCOc1ccccc1C(O)CCC/C=C\c1ccccc1. The fraction of sp³-hybridized carbons (Fsp3) is 0.300. The van der Waals surface area contributed by atoms with E-state index in [2.05, 4.69) is 24.3 Å². The molecule has 0 spiro atoms.